The number of amides is 1. The van der Waals surface area contributed by atoms with Crippen LogP contribution in [0.25, 0.3) is 0 Å². The first-order valence-corrected chi connectivity index (χ1v) is 11.7. The lowest BCUT2D eigenvalue weighted by Gasteiger charge is -2.26. The van der Waals surface area contributed by atoms with Gasteiger partial charge >= 0.3 is 5.97 Å². The van der Waals surface area contributed by atoms with E-state index in [1.807, 2.05) is 11.4 Å². The summed E-state index contributed by atoms with van der Waals surface area (Å²) in [5.74, 6) is -0.795. The molecule has 0 aliphatic carbocycles. The zero-order valence-corrected chi connectivity index (χ0v) is 17.0. The Morgan fingerprint density at radius 2 is 1.96 bits per heavy atom. The van der Waals surface area contributed by atoms with E-state index in [0.29, 0.717) is 37.3 Å². The van der Waals surface area contributed by atoms with Crippen molar-refractivity contribution < 1.29 is 22.7 Å². The van der Waals surface area contributed by atoms with E-state index < -0.39 is 16.0 Å². The van der Waals surface area contributed by atoms with E-state index in [0.717, 1.165) is 23.8 Å². The molecule has 2 aromatic rings. The normalized spacial score (nSPS) is 15.9. The van der Waals surface area contributed by atoms with Gasteiger partial charge in [0, 0.05) is 24.5 Å². The Bertz CT molecular complexity index is 1040. The smallest absolute Gasteiger partial charge is 0.338 e. The molecule has 0 N–H and O–H groups in total. The van der Waals surface area contributed by atoms with Crippen LogP contribution in [-0.2, 0) is 38.9 Å². The molecule has 0 radical (unpaired) electrons. The Morgan fingerprint density at radius 1 is 1.14 bits per heavy atom. The van der Waals surface area contributed by atoms with Gasteiger partial charge in [-0.3, -0.25) is 9.10 Å². The van der Waals surface area contributed by atoms with Crippen LogP contribution >= 0.6 is 11.3 Å². The number of anilines is 1. The first kappa shape index (κ1) is 18.9. The van der Waals surface area contributed by atoms with Crippen LogP contribution in [0.4, 0.5) is 5.69 Å². The summed E-state index contributed by atoms with van der Waals surface area (Å²) in [6.07, 6.45) is 2.53. The summed E-state index contributed by atoms with van der Waals surface area (Å²) < 4.78 is 30.1. The maximum Gasteiger partial charge on any atom is 0.338 e. The number of esters is 1. The van der Waals surface area contributed by atoms with E-state index in [2.05, 4.69) is 0 Å². The van der Waals surface area contributed by atoms with Crippen LogP contribution in [0.15, 0.2) is 29.6 Å². The van der Waals surface area contributed by atoms with Crippen molar-refractivity contribution in [3.63, 3.8) is 0 Å². The van der Waals surface area contributed by atoms with Crippen molar-refractivity contribution in [2.24, 2.45) is 0 Å². The number of nitrogens with zero attached hydrogens (tertiary/aromatic N) is 2. The van der Waals surface area contributed by atoms with Crippen molar-refractivity contribution in [1.29, 1.82) is 0 Å². The van der Waals surface area contributed by atoms with Crippen molar-refractivity contribution in [3.05, 3.63) is 51.2 Å². The highest BCUT2D eigenvalue weighted by atomic mass is 32.2. The lowest BCUT2D eigenvalue weighted by molar-refractivity contribution is -0.135. The standard InChI is InChI=1S/C19H20N2O5S2/c1-28(24,25)21-8-4-13-10-14(2-3-16(13)21)19(23)26-12-18(22)20-7-5-17-15(11-20)6-9-27-17/h2-3,6,9-10H,4-5,7-8,11-12H2,1H3. The summed E-state index contributed by atoms with van der Waals surface area (Å²) in [5.41, 5.74) is 2.85. The third-order valence-electron chi connectivity index (χ3n) is 5.06. The van der Waals surface area contributed by atoms with E-state index in [1.54, 1.807) is 28.4 Å². The average molecular weight is 421 g/mol. The number of thiophene rings is 1. The average Bonchev–Trinajstić information content (AvgIpc) is 3.30. The van der Waals surface area contributed by atoms with E-state index in [4.69, 9.17) is 4.74 Å². The molecule has 7 nitrogen and oxygen atoms in total. The monoisotopic (exact) mass is 420 g/mol. The molecule has 1 aromatic heterocycles. The number of carbonyl (C=O) groups is 2. The lowest BCUT2D eigenvalue weighted by Crippen LogP contribution is -2.38. The van der Waals surface area contributed by atoms with Crippen LogP contribution < -0.4 is 4.31 Å². The molecule has 1 amide bonds. The number of hydrogen-bond acceptors (Lipinski definition) is 6. The minimum atomic E-state index is -3.33. The number of rotatable bonds is 4. The maximum atomic E-state index is 12.4. The van der Waals surface area contributed by atoms with Gasteiger partial charge in [-0.25, -0.2) is 13.2 Å². The Morgan fingerprint density at radius 3 is 2.75 bits per heavy atom. The Hall–Kier alpha value is -2.39. The highest BCUT2D eigenvalue weighted by Crippen LogP contribution is 2.31. The molecule has 3 heterocycles. The first-order chi connectivity index (χ1) is 13.3. The molecule has 4 rings (SSSR count). The van der Waals surface area contributed by atoms with Crippen molar-refractivity contribution in [2.45, 2.75) is 19.4 Å². The van der Waals surface area contributed by atoms with E-state index >= 15 is 0 Å². The van der Waals surface area contributed by atoms with Crippen LogP contribution in [-0.4, -0.2) is 51.1 Å². The SMILES string of the molecule is CS(=O)(=O)N1CCc2cc(C(=O)OCC(=O)N3CCc4sccc4C3)ccc21. The molecule has 0 saturated carbocycles. The van der Waals surface area contributed by atoms with Gasteiger partial charge in [0.15, 0.2) is 6.61 Å². The molecule has 148 valence electrons. The predicted molar refractivity (Wildman–Crippen MR) is 106 cm³/mol. The van der Waals surface area contributed by atoms with Crippen LogP contribution in [0.2, 0.25) is 0 Å². The van der Waals surface area contributed by atoms with Gasteiger partial charge in [0.2, 0.25) is 10.0 Å². The largest absolute Gasteiger partial charge is 0.452 e. The Labute approximate surface area is 167 Å². The zero-order chi connectivity index (χ0) is 19.9. The molecule has 0 bridgehead atoms. The molecule has 28 heavy (non-hydrogen) atoms. The van der Waals surface area contributed by atoms with Gasteiger partial charge in [-0.15, -0.1) is 11.3 Å². The number of benzene rings is 1. The molecule has 2 aliphatic rings. The number of ether oxygens (including phenoxy) is 1. The van der Waals surface area contributed by atoms with E-state index in [-0.39, 0.29) is 12.5 Å². The highest BCUT2D eigenvalue weighted by molar-refractivity contribution is 7.92. The minimum absolute atomic E-state index is 0.213. The molecule has 0 fully saturated rings. The van der Waals surface area contributed by atoms with Crippen LogP contribution in [0.5, 0.6) is 0 Å². The quantitative estimate of drug-likeness (QED) is 0.705. The zero-order valence-electron chi connectivity index (χ0n) is 15.4. The first-order valence-electron chi connectivity index (χ1n) is 8.94. The van der Waals surface area contributed by atoms with Gasteiger partial charge in [0.1, 0.15) is 0 Å². The molecule has 1 aromatic carbocycles. The number of carbonyl (C=O) groups excluding carboxylic acids is 2. The van der Waals surface area contributed by atoms with E-state index in [1.165, 1.54) is 15.2 Å². The molecule has 0 unspecified atom stereocenters. The summed E-state index contributed by atoms with van der Waals surface area (Å²) in [5, 5.41) is 2.03. The van der Waals surface area contributed by atoms with Crippen molar-refractivity contribution in [1.82, 2.24) is 4.90 Å². The molecular formula is C19H20N2O5S2. The second kappa shape index (κ2) is 7.21. The van der Waals surface area contributed by atoms with Crippen LogP contribution in [0.3, 0.4) is 0 Å². The summed E-state index contributed by atoms with van der Waals surface area (Å²) in [4.78, 5) is 27.7. The minimum Gasteiger partial charge on any atom is -0.452 e. The van der Waals surface area contributed by atoms with Gasteiger partial charge in [-0.2, -0.15) is 0 Å². The fourth-order valence-electron chi connectivity index (χ4n) is 3.61. The third kappa shape index (κ3) is 3.64. The molecular weight excluding hydrogens is 400 g/mol. The second-order valence-electron chi connectivity index (χ2n) is 6.94. The molecule has 0 saturated heterocycles. The Balaban J connectivity index is 1.38. The highest BCUT2D eigenvalue weighted by Gasteiger charge is 2.27. The number of hydrogen-bond donors (Lipinski definition) is 0. The van der Waals surface area contributed by atoms with Crippen molar-refractivity contribution >= 4 is 38.9 Å². The van der Waals surface area contributed by atoms with Gasteiger partial charge in [-0.05, 0) is 53.6 Å². The fraction of sp³-hybridized carbons (Fsp3) is 0.368. The Kier molecular flexibility index (Phi) is 4.88. The summed E-state index contributed by atoms with van der Waals surface area (Å²) in [6, 6.07) is 6.82. The fourth-order valence-corrected chi connectivity index (χ4v) is 5.45. The number of sulfonamides is 1. The summed E-state index contributed by atoms with van der Waals surface area (Å²) in [6.45, 7) is 1.25. The van der Waals surface area contributed by atoms with Gasteiger partial charge in [0.25, 0.3) is 5.91 Å². The predicted octanol–water partition coefficient (Wildman–Crippen LogP) is 1.81. The van der Waals surface area contributed by atoms with Crippen molar-refractivity contribution in [2.75, 3.05) is 30.3 Å². The molecule has 2 aliphatic heterocycles. The second-order valence-corrected chi connectivity index (χ2v) is 9.85. The summed E-state index contributed by atoms with van der Waals surface area (Å²) >= 11 is 1.70. The maximum absolute atomic E-state index is 12.4. The van der Waals surface area contributed by atoms with Gasteiger partial charge in [-0.1, -0.05) is 0 Å². The summed E-state index contributed by atoms with van der Waals surface area (Å²) in [7, 11) is -3.33. The third-order valence-corrected chi connectivity index (χ3v) is 7.26. The molecule has 0 atom stereocenters. The van der Waals surface area contributed by atoms with Gasteiger partial charge in [0.05, 0.1) is 17.5 Å². The topological polar surface area (TPSA) is 84.0 Å². The number of fused-ring (bicyclic) bond motifs is 2. The van der Waals surface area contributed by atoms with Gasteiger partial charge < -0.3 is 9.64 Å². The van der Waals surface area contributed by atoms with Crippen LogP contribution in [0, 0.1) is 0 Å². The van der Waals surface area contributed by atoms with Crippen LogP contribution in [0.1, 0.15) is 26.4 Å². The lowest BCUT2D eigenvalue weighted by atomic mass is 10.1. The molecule has 9 heteroatoms. The molecule has 0 spiro atoms. The van der Waals surface area contributed by atoms with E-state index in [9.17, 15) is 18.0 Å². The van der Waals surface area contributed by atoms with Crippen molar-refractivity contribution in [3.8, 4) is 0 Å².